The Bertz CT molecular complexity index is 1110. The summed E-state index contributed by atoms with van der Waals surface area (Å²) in [5, 5.41) is 5.59. The summed E-state index contributed by atoms with van der Waals surface area (Å²) in [6.45, 7) is 2.05. The molecule has 2 amide bonds. The molecule has 2 heterocycles. The number of carbonyl (C=O) groups is 2. The first-order valence-corrected chi connectivity index (χ1v) is 9.78. The van der Waals surface area contributed by atoms with Crippen LogP contribution in [0, 0.1) is 0 Å². The Kier molecular flexibility index (Phi) is 5.61. The molecule has 0 atom stereocenters. The van der Waals surface area contributed by atoms with Gasteiger partial charge in [0.15, 0.2) is 0 Å². The predicted molar refractivity (Wildman–Crippen MR) is 115 cm³/mol. The highest BCUT2D eigenvalue weighted by Crippen LogP contribution is 2.17. The Balaban J connectivity index is 1.39. The van der Waals surface area contributed by atoms with E-state index < -0.39 is 11.5 Å². The van der Waals surface area contributed by atoms with Gasteiger partial charge in [-0.2, -0.15) is 0 Å². The number of hydrogen-bond donors (Lipinski definition) is 3. The van der Waals surface area contributed by atoms with E-state index >= 15 is 0 Å². The molecule has 1 saturated heterocycles. The van der Waals surface area contributed by atoms with Gasteiger partial charge < -0.3 is 20.5 Å². The van der Waals surface area contributed by atoms with E-state index in [1.165, 1.54) is 0 Å². The van der Waals surface area contributed by atoms with Crippen LogP contribution in [0.15, 0.2) is 71.5 Å². The largest absolute Gasteiger partial charge is 0.360 e. The Morgan fingerprint density at radius 3 is 2.43 bits per heavy atom. The minimum absolute atomic E-state index is 0.0149. The monoisotopic (exact) mass is 402 g/mol. The van der Waals surface area contributed by atoms with Crippen molar-refractivity contribution in [2.45, 2.75) is 6.54 Å². The van der Waals surface area contributed by atoms with Gasteiger partial charge in [0.05, 0.1) is 6.54 Å². The number of pyridine rings is 1. The van der Waals surface area contributed by atoms with Gasteiger partial charge in [0, 0.05) is 31.0 Å². The highest BCUT2D eigenvalue weighted by atomic mass is 16.2. The van der Waals surface area contributed by atoms with Crippen molar-refractivity contribution in [3.63, 3.8) is 0 Å². The third-order valence-electron chi connectivity index (χ3n) is 5.03. The molecule has 1 aliphatic heterocycles. The molecular weight excluding hydrogens is 380 g/mol. The SMILES string of the molecule is O=C1CN(c2ccc(CNC(=O)c3ccc(-c4ccccc4)[nH]c3=O)cc2)CCN1. The molecule has 0 saturated carbocycles. The molecule has 0 aliphatic carbocycles. The third-order valence-corrected chi connectivity index (χ3v) is 5.03. The number of rotatable bonds is 5. The summed E-state index contributed by atoms with van der Waals surface area (Å²) in [4.78, 5) is 41.1. The molecule has 1 fully saturated rings. The van der Waals surface area contributed by atoms with Crippen LogP contribution in [0.3, 0.4) is 0 Å². The topological polar surface area (TPSA) is 94.3 Å². The van der Waals surface area contributed by atoms with Crippen molar-refractivity contribution in [2.75, 3.05) is 24.5 Å². The zero-order chi connectivity index (χ0) is 20.9. The van der Waals surface area contributed by atoms with E-state index in [0.717, 1.165) is 23.4 Å². The van der Waals surface area contributed by atoms with E-state index in [4.69, 9.17) is 0 Å². The number of hydrogen-bond acceptors (Lipinski definition) is 4. The van der Waals surface area contributed by atoms with Crippen molar-refractivity contribution in [3.8, 4) is 11.3 Å². The van der Waals surface area contributed by atoms with Crippen LogP contribution >= 0.6 is 0 Å². The minimum Gasteiger partial charge on any atom is -0.360 e. The lowest BCUT2D eigenvalue weighted by Crippen LogP contribution is -2.47. The van der Waals surface area contributed by atoms with Crippen LogP contribution < -0.4 is 21.1 Å². The second-order valence-corrected chi connectivity index (χ2v) is 7.10. The Morgan fingerprint density at radius 1 is 0.967 bits per heavy atom. The quantitative estimate of drug-likeness (QED) is 0.608. The van der Waals surface area contributed by atoms with Crippen molar-refractivity contribution in [1.29, 1.82) is 0 Å². The van der Waals surface area contributed by atoms with Crippen molar-refractivity contribution < 1.29 is 9.59 Å². The lowest BCUT2D eigenvalue weighted by atomic mass is 10.1. The zero-order valence-electron chi connectivity index (χ0n) is 16.4. The average molecular weight is 402 g/mol. The minimum atomic E-state index is -0.424. The van der Waals surface area contributed by atoms with Crippen molar-refractivity contribution in [2.24, 2.45) is 0 Å². The van der Waals surface area contributed by atoms with Crippen LogP contribution in [-0.4, -0.2) is 36.4 Å². The second kappa shape index (κ2) is 8.65. The Hall–Kier alpha value is -3.87. The van der Waals surface area contributed by atoms with Gasteiger partial charge in [-0.1, -0.05) is 42.5 Å². The number of nitrogens with one attached hydrogen (secondary N) is 3. The normalized spacial score (nSPS) is 13.6. The molecule has 0 unspecified atom stereocenters. The van der Waals surface area contributed by atoms with Crippen molar-refractivity contribution in [3.05, 3.63) is 88.2 Å². The van der Waals surface area contributed by atoms with Gasteiger partial charge in [-0.25, -0.2) is 0 Å². The molecule has 1 aromatic heterocycles. The van der Waals surface area contributed by atoms with Crippen LogP contribution in [-0.2, 0) is 11.3 Å². The maximum absolute atomic E-state index is 12.5. The average Bonchev–Trinajstić information content (AvgIpc) is 2.78. The molecule has 152 valence electrons. The van der Waals surface area contributed by atoms with Crippen LogP contribution in [0.4, 0.5) is 5.69 Å². The number of anilines is 1. The molecule has 0 spiro atoms. The fourth-order valence-electron chi connectivity index (χ4n) is 3.40. The zero-order valence-corrected chi connectivity index (χ0v) is 16.4. The molecule has 2 aromatic carbocycles. The van der Waals surface area contributed by atoms with Gasteiger partial charge in [0.2, 0.25) is 5.91 Å². The van der Waals surface area contributed by atoms with E-state index in [1.807, 2.05) is 59.5 Å². The molecule has 30 heavy (non-hydrogen) atoms. The van der Waals surface area contributed by atoms with E-state index in [0.29, 0.717) is 25.3 Å². The van der Waals surface area contributed by atoms with Gasteiger partial charge >= 0.3 is 0 Å². The van der Waals surface area contributed by atoms with Crippen molar-refractivity contribution >= 4 is 17.5 Å². The van der Waals surface area contributed by atoms with Gasteiger partial charge in [0.1, 0.15) is 5.56 Å². The Morgan fingerprint density at radius 2 is 1.73 bits per heavy atom. The summed E-state index contributed by atoms with van der Waals surface area (Å²) < 4.78 is 0. The molecule has 7 heteroatoms. The summed E-state index contributed by atoms with van der Waals surface area (Å²) in [7, 11) is 0. The number of piperazine rings is 1. The number of H-pyrrole nitrogens is 1. The second-order valence-electron chi connectivity index (χ2n) is 7.10. The van der Waals surface area contributed by atoms with Crippen LogP contribution in [0.5, 0.6) is 0 Å². The molecule has 1 aliphatic rings. The summed E-state index contributed by atoms with van der Waals surface area (Å²) in [5.41, 5.74) is 3.07. The van der Waals surface area contributed by atoms with E-state index in [9.17, 15) is 14.4 Å². The highest BCUT2D eigenvalue weighted by Gasteiger charge is 2.16. The van der Waals surface area contributed by atoms with E-state index in [-0.39, 0.29) is 11.5 Å². The smallest absolute Gasteiger partial charge is 0.261 e. The number of nitrogens with zero attached hydrogens (tertiary/aromatic N) is 1. The fraction of sp³-hybridized carbons (Fsp3) is 0.174. The first kappa shape index (κ1) is 19.4. The Labute approximate surface area is 173 Å². The van der Waals surface area contributed by atoms with Gasteiger partial charge in [-0.05, 0) is 35.4 Å². The van der Waals surface area contributed by atoms with Gasteiger partial charge in [-0.3, -0.25) is 14.4 Å². The molecule has 4 rings (SSSR count). The number of benzene rings is 2. The lowest BCUT2D eigenvalue weighted by molar-refractivity contribution is -0.120. The van der Waals surface area contributed by atoms with Gasteiger partial charge in [-0.15, -0.1) is 0 Å². The third kappa shape index (κ3) is 4.41. The van der Waals surface area contributed by atoms with Crippen molar-refractivity contribution in [1.82, 2.24) is 15.6 Å². The maximum Gasteiger partial charge on any atom is 0.261 e. The first-order valence-electron chi connectivity index (χ1n) is 9.78. The van der Waals surface area contributed by atoms with Crippen LogP contribution in [0.25, 0.3) is 11.3 Å². The van der Waals surface area contributed by atoms with E-state index in [1.54, 1.807) is 12.1 Å². The molecular formula is C23H22N4O3. The number of carbonyl (C=O) groups excluding carboxylic acids is 2. The molecule has 0 radical (unpaired) electrons. The standard InChI is InChI=1S/C23H22N4O3/c28-21-15-27(13-12-24-21)18-8-6-16(7-9-18)14-25-22(29)19-10-11-20(26-23(19)30)17-4-2-1-3-5-17/h1-11H,12-15H2,(H,24,28)(H,25,29)(H,26,30). The predicted octanol–water partition coefficient (Wildman–Crippen LogP) is 1.91. The summed E-state index contributed by atoms with van der Waals surface area (Å²) in [6, 6.07) is 20.4. The lowest BCUT2D eigenvalue weighted by Gasteiger charge is -2.28. The summed E-state index contributed by atoms with van der Waals surface area (Å²) in [5.74, 6) is -0.409. The molecule has 0 bridgehead atoms. The van der Waals surface area contributed by atoms with Crippen LogP contribution in [0.2, 0.25) is 0 Å². The summed E-state index contributed by atoms with van der Waals surface area (Å²) in [6.07, 6.45) is 0. The molecule has 3 N–H and O–H groups in total. The fourth-order valence-corrected chi connectivity index (χ4v) is 3.40. The maximum atomic E-state index is 12.5. The highest BCUT2D eigenvalue weighted by molar-refractivity contribution is 5.94. The molecule has 3 aromatic rings. The number of aromatic nitrogens is 1. The number of amides is 2. The number of aromatic amines is 1. The molecule has 7 nitrogen and oxygen atoms in total. The van der Waals surface area contributed by atoms with Crippen LogP contribution in [0.1, 0.15) is 15.9 Å². The summed E-state index contributed by atoms with van der Waals surface area (Å²) >= 11 is 0. The van der Waals surface area contributed by atoms with Gasteiger partial charge in [0.25, 0.3) is 11.5 Å². The van der Waals surface area contributed by atoms with E-state index in [2.05, 4.69) is 15.6 Å². The first-order chi connectivity index (χ1) is 14.6.